The Balaban J connectivity index is 2.13. The average Bonchev–Trinajstić information content (AvgIpc) is 2.77. The molecule has 1 aromatic carbocycles. The zero-order chi connectivity index (χ0) is 23.3. The topological polar surface area (TPSA) is 72.8 Å². The molecule has 0 heterocycles. The molecule has 1 aromatic rings. The Bertz CT molecular complexity index is 587. The molecule has 0 radical (unpaired) electrons. The molecule has 1 rings (SSSR count). The van der Waals surface area contributed by atoms with Crippen LogP contribution in [-0.4, -0.2) is 29.8 Å². The van der Waals surface area contributed by atoms with Crippen LogP contribution in [0, 0.1) is 0 Å². The van der Waals surface area contributed by atoms with Crippen molar-refractivity contribution in [2.75, 3.05) is 6.61 Å². The van der Waals surface area contributed by atoms with E-state index in [1.165, 1.54) is 51.0 Å². The van der Waals surface area contributed by atoms with Gasteiger partial charge in [-0.3, -0.25) is 9.59 Å². The predicted molar refractivity (Wildman–Crippen MR) is 129 cm³/mol. The normalized spacial score (nSPS) is 11.9. The molecule has 1 unspecified atom stereocenters. The van der Waals surface area contributed by atoms with Crippen molar-refractivity contribution in [2.45, 2.75) is 116 Å². The highest BCUT2D eigenvalue weighted by Crippen LogP contribution is 2.18. The van der Waals surface area contributed by atoms with Gasteiger partial charge in [-0.15, -0.1) is 0 Å². The second-order valence-corrected chi connectivity index (χ2v) is 8.72. The first-order valence-electron chi connectivity index (χ1n) is 12.6. The van der Waals surface area contributed by atoms with Crippen molar-refractivity contribution in [2.24, 2.45) is 0 Å². The summed E-state index contributed by atoms with van der Waals surface area (Å²) in [7, 11) is 0. The molecule has 1 atom stereocenters. The van der Waals surface area contributed by atoms with E-state index in [1.54, 1.807) is 0 Å². The molecule has 5 heteroatoms. The lowest BCUT2D eigenvalue weighted by Crippen LogP contribution is -2.13. The zero-order valence-corrected chi connectivity index (χ0v) is 20.1. The molecule has 182 valence electrons. The van der Waals surface area contributed by atoms with E-state index >= 15 is 0 Å². The Hall–Kier alpha value is -1.88. The van der Waals surface area contributed by atoms with Crippen molar-refractivity contribution in [1.29, 1.82) is 0 Å². The number of hydrogen-bond donors (Lipinski definition) is 1. The molecular formula is C27H44O5. The van der Waals surface area contributed by atoms with Gasteiger partial charge in [-0.2, -0.15) is 0 Å². The fourth-order valence-corrected chi connectivity index (χ4v) is 3.85. The number of carboxylic acids is 1. The van der Waals surface area contributed by atoms with Gasteiger partial charge in [0, 0.05) is 13.3 Å². The Morgan fingerprint density at radius 1 is 0.781 bits per heavy atom. The highest BCUT2D eigenvalue weighted by molar-refractivity contribution is 5.66. The molecule has 5 nitrogen and oxygen atoms in total. The van der Waals surface area contributed by atoms with Crippen LogP contribution in [-0.2, 0) is 25.7 Å². The fraction of sp³-hybridized carbons (Fsp3) is 0.704. The summed E-state index contributed by atoms with van der Waals surface area (Å²) in [6, 6.07) is 10.3. The molecule has 0 fully saturated rings. The van der Waals surface area contributed by atoms with Gasteiger partial charge in [0.15, 0.2) is 0 Å². The SMILES string of the molecule is CC(=O)OCCCCCCCCCCC(CCCCCCC(=O)O)OCc1ccccc1. The van der Waals surface area contributed by atoms with Crippen molar-refractivity contribution >= 4 is 11.9 Å². The van der Waals surface area contributed by atoms with Crippen molar-refractivity contribution < 1.29 is 24.2 Å². The highest BCUT2D eigenvalue weighted by Gasteiger charge is 2.10. The van der Waals surface area contributed by atoms with E-state index in [9.17, 15) is 9.59 Å². The van der Waals surface area contributed by atoms with Crippen LogP contribution < -0.4 is 0 Å². The molecule has 0 aromatic heterocycles. The minimum atomic E-state index is -0.698. The number of rotatable bonds is 21. The molecule has 0 amide bonds. The summed E-state index contributed by atoms with van der Waals surface area (Å²) in [5.74, 6) is -0.884. The van der Waals surface area contributed by atoms with Crippen LogP contribution in [0.3, 0.4) is 0 Å². The van der Waals surface area contributed by atoms with Crippen molar-refractivity contribution in [1.82, 2.24) is 0 Å². The Morgan fingerprint density at radius 3 is 1.88 bits per heavy atom. The number of carbonyl (C=O) groups excluding carboxylic acids is 1. The second kappa shape index (κ2) is 19.8. The largest absolute Gasteiger partial charge is 0.481 e. The van der Waals surface area contributed by atoms with E-state index in [2.05, 4.69) is 12.1 Å². The molecule has 0 saturated heterocycles. The van der Waals surface area contributed by atoms with Crippen molar-refractivity contribution in [3.63, 3.8) is 0 Å². The molecule has 0 bridgehead atoms. The quantitative estimate of drug-likeness (QED) is 0.161. The third-order valence-electron chi connectivity index (χ3n) is 5.72. The lowest BCUT2D eigenvalue weighted by Gasteiger charge is -2.18. The Labute approximate surface area is 194 Å². The fourth-order valence-electron chi connectivity index (χ4n) is 3.85. The van der Waals surface area contributed by atoms with E-state index < -0.39 is 5.97 Å². The second-order valence-electron chi connectivity index (χ2n) is 8.72. The van der Waals surface area contributed by atoms with E-state index in [0.29, 0.717) is 13.2 Å². The predicted octanol–water partition coefficient (Wildman–Crippen LogP) is 7.07. The zero-order valence-electron chi connectivity index (χ0n) is 20.1. The standard InChI is InChI=1S/C27H44O5/c1-24(28)31-22-16-9-5-3-2-4-6-13-19-26(20-14-7-8-15-21-27(29)30)32-23-25-17-11-10-12-18-25/h10-12,17-18,26H,2-9,13-16,19-23H2,1H3,(H,29,30). The molecule has 1 N–H and O–H groups in total. The van der Waals surface area contributed by atoms with Gasteiger partial charge in [-0.25, -0.2) is 0 Å². The Morgan fingerprint density at radius 2 is 1.31 bits per heavy atom. The molecular weight excluding hydrogens is 404 g/mol. The summed E-state index contributed by atoms with van der Waals surface area (Å²) in [5.41, 5.74) is 1.22. The summed E-state index contributed by atoms with van der Waals surface area (Å²) in [6.07, 6.45) is 16.2. The van der Waals surface area contributed by atoms with Crippen LogP contribution in [0.1, 0.15) is 109 Å². The van der Waals surface area contributed by atoms with Gasteiger partial charge < -0.3 is 14.6 Å². The molecule has 0 aliphatic rings. The molecule has 0 aliphatic carbocycles. The number of ether oxygens (including phenoxy) is 2. The van der Waals surface area contributed by atoms with Crippen LogP contribution >= 0.6 is 0 Å². The lowest BCUT2D eigenvalue weighted by molar-refractivity contribution is -0.141. The van der Waals surface area contributed by atoms with E-state index in [1.807, 2.05) is 18.2 Å². The summed E-state index contributed by atoms with van der Waals surface area (Å²) in [5, 5.41) is 8.74. The van der Waals surface area contributed by atoms with Crippen molar-refractivity contribution in [3.8, 4) is 0 Å². The van der Waals surface area contributed by atoms with E-state index in [-0.39, 0.29) is 18.5 Å². The maximum atomic E-state index is 10.7. The monoisotopic (exact) mass is 448 g/mol. The third-order valence-corrected chi connectivity index (χ3v) is 5.72. The lowest BCUT2D eigenvalue weighted by atomic mass is 10.0. The number of aliphatic carboxylic acids is 1. The molecule has 0 spiro atoms. The van der Waals surface area contributed by atoms with Crippen LogP contribution in [0.2, 0.25) is 0 Å². The maximum Gasteiger partial charge on any atom is 0.303 e. The van der Waals surface area contributed by atoms with Crippen LogP contribution in [0.15, 0.2) is 30.3 Å². The average molecular weight is 449 g/mol. The number of benzene rings is 1. The first kappa shape index (κ1) is 28.2. The molecule has 32 heavy (non-hydrogen) atoms. The van der Waals surface area contributed by atoms with E-state index in [0.717, 1.165) is 51.4 Å². The first-order chi connectivity index (χ1) is 15.6. The third kappa shape index (κ3) is 17.8. The number of carbonyl (C=O) groups is 2. The maximum absolute atomic E-state index is 10.7. The number of unbranched alkanes of at least 4 members (excludes halogenated alkanes) is 10. The van der Waals surface area contributed by atoms with Crippen LogP contribution in [0.25, 0.3) is 0 Å². The van der Waals surface area contributed by atoms with Gasteiger partial charge in [-0.05, 0) is 31.2 Å². The van der Waals surface area contributed by atoms with Gasteiger partial charge >= 0.3 is 11.9 Å². The summed E-state index contributed by atoms with van der Waals surface area (Å²) in [6.45, 7) is 2.68. The summed E-state index contributed by atoms with van der Waals surface area (Å²) >= 11 is 0. The van der Waals surface area contributed by atoms with Crippen LogP contribution in [0.4, 0.5) is 0 Å². The summed E-state index contributed by atoms with van der Waals surface area (Å²) in [4.78, 5) is 21.3. The molecule has 0 aliphatic heterocycles. The van der Waals surface area contributed by atoms with Gasteiger partial charge in [-0.1, -0.05) is 94.5 Å². The van der Waals surface area contributed by atoms with Gasteiger partial charge in [0.2, 0.25) is 0 Å². The molecule has 0 saturated carbocycles. The Kier molecular flexibility index (Phi) is 17.4. The van der Waals surface area contributed by atoms with E-state index in [4.69, 9.17) is 14.6 Å². The number of hydrogen-bond acceptors (Lipinski definition) is 4. The van der Waals surface area contributed by atoms with Crippen molar-refractivity contribution in [3.05, 3.63) is 35.9 Å². The van der Waals surface area contributed by atoms with Gasteiger partial charge in [0.05, 0.1) is 19.3 Å². The minimum Gasteiger partial charge on any atom is -0.481 e. The smallest absolute Gasteiger partial charge is 0.303 e. The summed E-state index contributed by atoms with van der Waals surface area (Å²) < 4.78 is 11.2. The van der Waals surface area contributed by atoms with Crippen LogP contribution in [0.5, 0.6) is 0 Å². The van der Waals surface area contributed by atoms with Gasteiger partial charge in [0.1, 0.15) is 0 Å². The number of esters is 1. The highest BCUT2D eigenvalue weighted by atomic mass is 16.5. The first-order valence-corrected chi connectivity index (χ1v) is 12.6. The number of carboxylic acid groups (broad SMARTS) is 1. The van der Waals surface area contributed by atoms with Gasteiger partial charge in [0.25, 0.3) is 0 Å². The minimum absolute atomic E-state index is 0.186.